The molecular weight excluding hydrogens is 220 g/mol. The molecule has 0 aliphatic heterocycles. The third-order valence-corrected chi connectivity index (χ3v) is 5.52. The largest absolute Gasteiger partial charge is 0.370 e. The zero-order valence-electron chi connectivity index (χ0n) is 10.9. The Morgan fingerprint density at radius 2 is 2.22 bits per heavy atom. The van der Waals surface area contributed by atoms with Crippen molar-refractivity contribution < 1.29 is 0 Å². The summed E-state index contributed by atoms with van der Waals surface area (Å²) in [5.41, 5.74) is 1.27. The van der Waals surface area contributed by atoms with Crippen LogP contribution in [0.2, 0.25) is 0 Å². The fourth-order valence-electron chi connectivity index (χ4n) is 4.71. The van der Waals surface area contributed by atoms with Gasteiger partial charge in [-0.1, -0.05) is 12.2 Å². The maximum Gasteiger partial charge on any atom is 0.0552 e. The second-order valence-corrected chi connectivity index (χ2v) is 6.19. The van der Waals surface area contributed by atoms with Crippen LogP contribution in [0.3, 0.4) is 0 Å². The average molecular weight is 240 g/mol. The molecule has 0 aromatic carbocycles. The van der Waals surface area contributed by atoms with E-state index in [4.69, 9.17) is 0 Å². The number of hydrogen-bond donors (Lipinski definition) is 0. The molecule has 2 nitrogen and oxygen atoms in total. The topological polar surface area (TPSA) is 16.1 Å². The lowest BCUT2D eigenvalue weighted by atomic mass is 9.78. The van der Waals surface area contributed by atoms with Crippen LogP contribution in [0.25, 0.3) is 0 Å². The van der Waals surface area contributed by atoms with Gasteiger partial charge in [0.1, 0.15) is 0 Å². The van der Waals surface area contributed by atoms with Gasteiger partial charge in [-0.25, -0.2) is 0 Å². The fourth-order valence-corrected chi connectivity index (χ4v) is 4.71. The molecule has 3 aliphatic carbocycles. The molecule has 0 spiro atoms. The van der Waals surface area contributed by atoms with E-state index in [1.807, 2.05) is 18.5 Å². The summed E-state index contributed by atoms with van der Waals surface area (Å²) in [5, 5.41) is 0. The smallest absolute Gasteiger partial charge is 0.0552 e. The number of nitrogens with zero attached hydrogens (tertiary/aromatic N) is 2. The van der Waals surface area contributed by atoms with E-state index in [0.717, 1.165) is 29.7 Å². The van der Waals surface area contributed by atoms with Crippen molar-refractivity contribution in [1.82, 2.24) is 4.98 Å². The summed E-state index contributed by atoms with van der Waals surface area (Å²) < 4.78 is 0. The van der Waals surface area contributed by atoms with Gasteiger partial charge in [-0.2, -0.15) is 0 Å². The molecule has 0 radical (unpaired) electrons. The molecule has 3 aliphatic rings. The molecular formula is C16H20N2. The molecule has 1 aromatic heterocycles. The van der Waals surface area contributed by atoms with Gasteiger partial charge in [0.15, 0.2) is 0 Å². The van der Waals surface area contributed by atoms with Gasteiger partial charge in [0, 0.05) is 19.3 Å². The molecule has 2 fully saturated rings. The Bertz CT molecular complexity index is 467. The molecule has 2 saturated carbocycles. The Morgan fingerprint density at radius 3 is 3.06 bits per heavy atom. The minimum atomic E-state index is 0.725. The molecule has 5 unspecified atom stereocenters. The molecule has 5 atom stereocenters. The van der Waals surface area contributed by atoms with Gasteiger partial charge in [0.25, 0.3) is 0 Å². The van der Waals surface area contributed by atoms with E-state index in [1.165, 1.54) is 24.9 Å². The Balaban J connectivity index is 1.59. The summed E-state index contributed by atoms with van der Waals surface area (Å²) >= 11 is 0. The minimum Gasteiger partial charge on any atom is -0.370 e. The normalized spacial score (nSPS) is 40.2. The van der Waals surface area contributed by atoms with Crippen LogP contribution in [0.5, 0.6) is 0 Å². The Kier molecular flexibility index (Phi) is 2.26. The van der Waals surface area contributed by atoms with Crippen molar-refractivity contribution in [3.8, 4) is 0 Å². The van der Waals surface area contributed by atoms with E-state index < -0.39 is 0 Å². The Morgan fingerprint density at radius 1 is 1.28 bits per heavy atom. The van der Waals surface area contributed by atoms with E-state index >= 15 is 0 Å². The maximum absolute atomic E-state index is 4.25. The molecule has 0 amide bonds. The van der Waals surface area contributed by atoms with Gasteiger partial charge in [-0.3, -0.25) is 4.98 Å². The standard InChI is InChI=1S/C16H20N2/c1-18(12-4-3-7-17-10-12)16-9-11-8-15(16)14-6-2-5-13(11)14/h2-4,6-7,10-11,13-16H,5,8-9H2,1H3. The second kappa shape index (κ2) is 3.84. The van der Waals surface area contributed by atoms with E-state index in [9.17, 15) is 0 Å². The lowest BCUT2D eigenvalue weighted by Crippen LogP contribution is -2.40. The molecule has 18 heavy (non-hydrogen) atoms. The van der Waals surface area contributed by atoms with Crippen LogP contribution in [-0.4, -0.2) is 18.1 Å². The van der Waals surface area contributed by atoms with Crippen molar-refractivity contribution in [3.05, 3.63) is 36.7 Å². The van der Waals surface area contributed by atoms with Gasteiger partial charge in [-0.05, 0) is 55.1 Å². The molecule has 0 saturated heterocycles. The summed E-state index contributed by atoms with van der Waals surface area (Å²) in [6.07, 6.45) is 12.9. The highest BCUT2D eigenvalue weighted by molar-refractivity contribution is 5.45. The van der Waals surface area contributed by atoms with Crippen LogP contribution in [0.1, 0.15) is 19.3 Å². The number of hydrogen-bond acceptors (Lipinski definition) is 2. The molecule has 1 aromatic rings. The maximum atomic E-state index is 4.25. The number of anilines is 1. The lowest BCUT2D eigenvalue weighted by molar-refractivity contribution is 0.254. The molecule has 2 bridgehead atoms. The Hall–Kier alpha value is -1.31. The van der Waals surface area contributed by atoms with Gasteiger partial charge >= 0.3 is 0 Å². The molecule has 1 heterocycles. The number of allylic oxidation sites excluding steroid dienone is 2. The molecule has 94 valence electrons. The molecule has 0 N–H and O–H groups in total. The van der Waals surface area contributed by atoms with E-state index in [0.29, 0.717) is 0 Å². The highest BCUT2D eigenvalue weighted by Gasteiger charge is 2.53. The number of aromatic nitrogens is 1. The van der Waals surface area contributed by atoms with Crippen LogP contribution >= 0.6 is 0 Å². The van der Waals surface area contributed by atoms with Gasteiger partial charge in [-0.15, -0.1) is 0 Å². The predicted molar refractivity (Wildman–Crippen MR) is 73.4 cm³/mol. The summed E-state index contributed by atoms with van der Waals surface area (Å²) in [5.74, 6) is 3.70. The third-order valence-electron chi connectivity index (χ3n) is 5.52. The van der Waals surface area contributed by atoms with Crippen molar-refractivity contribution in [2.24, 2.45) is 23.7 Å². The van der Waals surface area contributed by atoms with Crippen LogP contribution < -0.4 is 4.90 Å². The van der Waals surface area contributed by atoms with Crippen LogP contribution in [0.4, 0.5) is 5.69 Å². The monoisotopic (exact) mass is 240 g/mol. The highest BCUT2D eigenvalue weighted by atomic mass is 15.2. The van der Waals surface area contributed by atoms with Crippen LogP contribution in [-0.2, 0) is 0 Å². The zero-order valence-corrected chi connectivity index (χ0v) is 10.9. The van der Waals surface area contributed by atoms with Gasteiger partial charge < -0.3 is 4.90 Å². The van der Waals surface area contributed by atoms with Gasteiger partial charge in [0.05, 0.1) is 11.9 Å². The number of rotatable bonds is 2. The first kappa shape index (κ1) is 10.6. The summed E-state index contributed by atoms with van der Waals surface area (Å²) in [7, 11) is 2.25. The quantitative estimate of drug-likeness (QED) is 0.738. The first-order valence-electron chi connectivity index (χ1n) is 7.14. The van der Waals surface area contributed by atoms with Crippen LogP contribution in [0, 0.1) is 23.7 Å². The first-order valence-corrected chi connectivity index (χ1v) is 7.14. The number of pyridine rings is 1. The van der Waals surface area contributed by atoms with Gasteiger partial charge in [0.2, 0.25) is 0 Å². The summed E-state index contributed by atoms with van der Waals surface area (Å²) in [6.45, 7) is 0. The summed E-state index contributed by atoms with van der Waals surface area (Å²) in [6, 6.07) is 4.95. The first-order chi connectivity index (χ1) is 8.84. The predicted octanol–water partition coefficient (Wildman–Crippen LogP) is 3.12. The van der Waals surface area contributed by atoms with Crippen molar-refractivity contribution in [1.29, 1.82) is 0 Å². The summed E-state index contributed by atoms with van der Waals surface area (Å²) in [4.78, 5) is 6.72. The minimum absolute atomic E-state index is 0.725. The van der Waals surface area contributed by atoms with Crippen molar-refractivity contribution in [3.63, 3.8) is 0 Å². The molecule has 4 rings (SSSR count). The lowest BCUT2D eigenvalue weighted by Gasteiger charge is -2.38. The third kappa shape index (κ3) is 1.38. The fraction of sp³-hybridized carbons (Fsp3) is 0.562. The van der Waals surface area contributed by atoms with Crippen molar-refractivity contribution in [2.75, 3.05) is 11.9 Å². The second-order valence-electron chi connectivity index (χ2n) is 6.19. The van der Waals surface area contributed by atoms with Crippen LogP contribution in [0.15, 0.2) is 36.7 Å². The Labute approximate surface area is 109 Å². The average Bonchev–Trinajstić information content (AvgIpc) is 3.10. The number of fused-ring (bicyclic) bond motifs is 5. The SMILES string of the molecule is CN(c1cccnc1)C1CC2CC1C1C=CCC21. The molecule has 2 heteroatoms. The van der Waals surface area contributed by atoms with Crippen molar-refractivity contribution in [2.45, 2.75) is 25.3 Å². The zero-order chi connectivity index (χ0) is 12.1. The highest BCUT2D eigenvalue weighted by Crippen LogP contribution is 2.57. The van der Waals surface area contributed by atoms with E-state index in [-0.39, 0.29) is 0 Å². The van der Waals surface area contributed by atoms with Crippen molar-refractivity contribution >= 4 is 5.69 Å². The van der Waals surface area contributed by atoms with E-state index in [2.05, 4.69) is 35.1 Å². The van der Waals surface area contributed by atoms with E-state index in [1.54, 1.807) is 0 Å².